The lowest BCUT2D eigenvalue weighted by Gasteiger charge is -2.17. The third-order valence-corrected chi connectivity index (χ3v) is 6.06. The number of carbonyl (C=O) groups is 1. The fraction of sp³-hybridized carbons (Fsp3) is 0.417. The molecule has 1 fully saturated rings. The number of rotatable bonds is 4. The van der Waals surface area contributed by atoms with E-state index in [9.17, 15) is 4.79 Å². The summed E-state index contributed by atoms with van der Waals surface area (Å²) >= 11 is 7.08. The summed E-state index contributed by atoms with van der Waals surface area (Å²) in [6, 6.07) is 7.84. The molecule has 17 heavy (non-hydrogen) atoms. The molecule has 2 atom stereocenters. The molecule has 0 aromatic heterocycles. The van der Waals surface area contributed by atoms with Crippen molar-refractivity contribution >= 4 is 45.4 Å². The van der Waals surface area contributed by atoms with Crippen LogP contribution in [-0.2, 0) is 4.79 Å². The van der Waals surface area contributed by atoms with Crippen molar-refractivity contribution in [3.63, 3.8) is 0 Å². The zero-order chi connectivity index (χ0) is 12.3. The number of primary amides is 1. The fourth-order valence-electron chi connectivity index (χ4n) is 1.79. The molecule has 0 aliphatic carbocycles. The van der Waals surface area contributed by atoms with E-state index in [-0.39, 0.29) is 11.2 Å². The van der Waals surface area contributed by atoms with Crippen molar-refractivity contribution in [2.75, 3.05) is 11.5 Å². The van der Waals surface area contributed by atoms with Gasteiger partial charge in [-0.05, 0) is 29.9 Å². The normalized spacial score (nSPS) is 21.4. The number of benzene rings is 1. The molecular formula is C12H14BrNOS2. The Morgan fingerprint density at radius 1 is 1.59 bits per heavy atom. The van der Waals surface area contributed by atoms with Crippen LogP contribution in [0.4, 0.5) is 0 Å². The van der Waals surface area contributed by atoms with E-state index in [4.69, 9.17) is 5.73 Å². The first-order valence-electron chi connectivity index (χ1n) is 5.45. The van der Waals surface area contributed by atoms with Crippen LogP contribution in [0.2, 0.25) is 0 Å². The molecule has 92 valence electrons. The maximum absolute atomic E-state index is 11.6. The Morgan fingerprint density at radius 3 is 3.00 bits per heavy atom. The SMILES string of the molecule is NC(=O)C(SC1CCSC1)c1cccc(Br)c1. The average molecular weight is 332 g/mol. The third-order valence-electron chi connectivity index (χ3n) is 2.63. The van der Waals surface area contributed by atoms with Gasteiger partial charge in [-0.15, -0.1) is 11.8 Å². The topological polar surface area (TPSA) is 43.1 Å². The maximum atomic E-state index is 11.6. The van der Waals surface area contributed by atoms with Gasteiger partial charge in [0.15, 0.2) is 0 Å². The van der Waals surface area contributed by atoms with Crippen LogP contribution in [0.1, 0.15) is 17.2 Å². The average Bonchev–Trinajstić information content (AvgIpc) is 2.78. The zero-order valence-corrected chi connectivity index (χ0v) is 12.5. The van der Waals surface area contributed by atoms with Crippen molar-refractivity contribution in [1.82, 2.24) is 0 Å². The van der Waals surface area contributed by atoms with Crippen molar-refractivity contribution in [3.8, 4) is 0 Å². The van der Waals surface area contributed by atoms with Crippen LogP contribution in [0, 0.1) is 0 Å². The molecule has 2 rings (SSSR count). The van der Waals surface area contributed by atoms with Gasteiger partial charge < -0.3 is 5.73 Å². The number of nitrogens with two attached hydrogens (primary N) is 1. The molecule has 2 nitrogen and oxygen atoms in total. The molecule has 0 saturated carbocycles. The molecule has 1 aliphatic heterocycles. The molecule has 1 amide bonds. The van der Waals surface area contributed by atoms with E-state index in [0.717, 1.165) is 15.8 Å². The number of carbonyl (C=O) groups excluding carboxylic acids is 1. The number of thioether (sulfide) groups is 2. The number of hydrogen-bond donors (Lipinski definition) is 1. The summed E-state index contributed by atoms with van der Waals surface area (Å²) < 4.78 is 0.989. The second-order valence-corrected chi connectivity index (χ2v) is 7.43. The first kappa shape index (κ1) is 13.3. The summed E-state index contributed by atoms with van der Waals surface area (Å²) in [6.45, 7) is 0. The Balaban J connectivity index is 2.13. The summed E-state index contributed by atoms with van der Waals surface area (Å²) in [4.78, 5) is 11.6. The maximum Gasteiger partial charge on any atom is 0.235 e. The highest BCUT2D eigenvalue weighted by molar-refractivity contribution is 9.10. The minimum atomic E-state index is -0.245. The molecule has 0 radical (unpaired) electrons. The second kappa shape index (κ2) is 6.16. The van der Waals surface area contributed by atoms with E-state index in [1.807, 2.05) is 36.0 Å². The Bertz CT molecular complexity index is 407. The predicted molar refractivity (Wildman–Crippen MR) is 79.4 cm³/mol. The third kappa shape index (κ3) is 3.66. The number of halogens is 1. The lowest BCUT2D eigenvalue weighted by atomic mass is 10.1. The smallest absolute Gasteiger partial charge is 0.235 e. The first-order chi connectivity index (χ1) is 8.16. The lowest BCUT2D eigenvalue weighted by Crippen LogP contribution is -2.21. The van der Waals surface area contributed by atoms with Gasteiger partial charge in [0.1, 0.15) is 5.25 Å². The second-order valence-electron chi connectivity index (χ2n) is 3.96. The summed E-state index contributed by atoms with van der Waals surface area (Å²) in [5, 5.41) is 0.327. The summed E-state index contributed by atoms with van der Waals surface area (Å²) in [6.07, 6.45) is 1.17. The van der Waals surface area contributed by atoms with Crippen molar-refractivity contribution in [3.05, 3.63) is 34.3 Å². The molecule has 2 unspecified atom stereocenters. The Hall–Kier alpha value is -0.130. The van der Waals surface area contributed by atoms with Crippen LogP contribution in [-0.4, -0.2) is 22.7 Å². The Labute approximate surface area is 118 Å². The van der Waals surface area contributed by atoms with Crippen LogP contribution in [0.15, 0.2) is 28.7 Å². The highest BCUT2D eigenvalue weighted by atomic mass is 79.9. The van der Waals surface area contributed by atoms with Gasteiger partial charge >= 0.3 is 0 Å². The lowest BCUT2D eigenvalue weighted by molar-refractivity contribution is -0.117. The van der Waals surface area contributed by atoms with Gasteiger partial charge in [0.2, 0.25) is 5.91 Å². The van der Waals surface area contributed by atoms with Crippen LogP contribution >= 0.6 is 39.5 Å². The molecule has 1 heterocycles. The van der Waals surface area contributed by atoms with Gasteiger partial charge in [-0.1, -0.05) is 28.1 Å². The summed E-state index contributed by atoms with van der Waals surface area (Å²) in [5.41, 5.74) is 6.51. The highest BCUT2D eigenvalue weighted by Gasteiger charge is 2.25. The summed E-state index contributed by atoms with van der Waals surface area (Å²) in [7, 11) is 0. The monoisotopic (exact) mass is 331 g/mol. The molecule has 2 N–H and O–H groups in total. The minimum Gasteiger partial charge on any atom is -0.368 e. The largest absolute Gasteiger partial charge is 0.368 e. The minimum absolute atomic E-state index is 0.226. The first-order valence-corrected chi connectivity index (χ1v) is 8.34. The fourth-order valence-corrected chi connectivity index (χ4v) is 5.09. The molecule has 0 bridgehead atoms. The zero-order valence-electron chi connectivity index (χ0n) is 9.27. The van der Waals surface area contributed by atoms with Gasteiger partial charge in [-0.25, -0.2) is 0 Å². The van der Waals surface area contributed by atoms with Crippen LogP contribution < -0.4 is 5.73 Å². The van der Waals surface area contributed by atoms with Crippen LogP contribution in [0.3, 0.4) is 0 Å². The van der Waals surface area contributed by atoms with Crippen LogP contribution in [0.5, 0.6) is 0 Å². The molecule has 0 spiro atoms. The van der Waals surface area contributed by atoms with E-state index in [0.29, 0.717) is 5.25 Å². The number of hydrogen-bond acceptors (Lipinski definition) is 3. The number of amides is 1. The van der Waals surface area contributed by atoms with Gasteiger partial charge in [0.25, 0.3) is 0 Å². The van der Waals surface area contributed by atoms with E-state index >= 15 is 0 Å². The van der Waals surface area contributed by atoms with Crippen molar-refractivity contribution in [2.45, 2.75) is 16.9 Å². The van der Waals surface area contributed by atoms with Crippen molar-refractivity contribution in [1.29, 1.82) is 0 Å². The van der Waals surface area contributed by atoms with Crippen molar-refractivity contribution in [2.24, 2.45) is 5.73 Å². The standard InChI is InChI=1S/C12H14BrNOS2/c13-9-3-1-2-8(6-9)11(12(14)15)17-10-4-5-16-7-10/h1-3,6,10-11H,4-5,7H2,(H2,14,15). The molecule has 1 aromatic carbocycles. The quantitative estimate of drug-likeness (QED) is 0.921. The van der Waals surface area contributed by atoms with Gasteiger partial charge in [-0.2, -0.15) is 11.8 Å². The molecule has 1 saturated heterocycles. The van der Waals surface area contributed by atoms with Crippen molar-refractivity contribution < 1.29 is 4.79 Å². The molecule has 1 aliphatic rings. The van der Waals surface area contributed by atoms with E-state index in [2.05, 4.69) is 15.9 Å². The summed E-state index contributed by atoms with van der Waals surface area (Å²) in [5.74, 6) is 2.08. The molecule has 5 heteroatoms. The van der Waals surface area contributed by atoms with Gasteiger partial charge in [-0.3, -0.25) is 4.79 Å². The van der Waals surface area contributed by atoms with E-state index in [1.54, 1.807) is 11.8 Å². The van der Waals surface area contributed by atoms with Crippen LogP contribution in [0.25, 0.3) is 0 Å². The van der Waals surface area contributed by atoms with Gasteiger partial charge in [0, 0.05) is 15.5 Å². The van der Waals surface area contributed by atoms with E-state index < -0.39 is 0 Å². The Kier molecular flexibility index (Phi) is 4.82. The predicted octanol–water partition coefficient (Wildman–Crippen LogP) is 3.21. The van der Waals surface area contributed by atoms with Gasteiger partial charge in [0.05, 0.1) is 0 Å². The Morgan fingerprint density at radius 2 is 2.41 bits per heavy atom. The highest BCUT2D eigenvalue weighted by Crippen LogP contribution is 2.38. The van der Waals surface area contributed by atoms with E-state index in [1.165, 1.54) is 12.2 Å². The molecule has 1 aromatic rings. The molecular weight excluding hydrogens is 318 g/mol.